The molecule has 2 aromatic heterocycles. The molecule has 2 aromatic rings. The van der Waals surface area contributed by atoms with Gasteiger partial charge in [0, 0.05) is 0 Å². The number of ether oxygens (including phenoxy) is 1. The van der Waals surface area contributed by atoms with Crippen LogP contribution in [0.25, 0.3) is 11.2 Å². The molecule has 3 heterocycles. The predicted octanol–water partition coefficient (Wildman–Crippen LogP) is 0.761. The minimum Gasteiger partial charge on any atom is -0.382 e. The molecule has 1 aliphatic heterocycles. The second kappa shape index (κ2) is 8.73. The second-order valence-electron chi connectivity index (χ2n) is 6.07. The van der Waals surface area contributed by atoms with Gasteiger partial charge in [-0.15, -0.1) is 0 Å². The van der Waals surface area contributed by atoms with Gasteiger partial charge in [0.05, 0.1) is 19.0 Å². The highest BCUT2D eigenvalue weighted by Crippen LogP contribution is 2.66. The summed E-state index contributed by atoms with van der Waals surface area (Å²) in [6.07, 6.45) is 0.817. The molecule has 20 heteroatoms. The summed E-state index contributed by atoms with van der Waals surface area (Å²) in [5, 5.41) is 0. The zero-order valence-electron chi connectivity index (χ0n) is 15.4. The van der Waals surface area contributed by atoms with E-state index in [1.54, 1.807) is 4.57 Å². The maximum absolute atomic E-state index is 11.8. The summed E-state index contributed by atoms with van der Waals surface area (Å²) in [7, 11) is -16.3. The zero-order chi connectivity index (χ0) is 23.0. The van der Waals surface area contributed by atoms with Gasteiger partial charge in [0.2, 0.25) is 0 Å². The van der Waals surface area contributed by atoms with Crippen molar-refractivity contribution in [1.29, 1.82) is 0 Å². The van der Waals surface area contributed by atoms with Crippen molar-refractivity contribution in [2.75, 3.05) is 12.3 Å². The van der Waals surface area contributed by atoms with Gasteiger partial charge in [-0.3, -0.25) is 9.09 Å². The summed E-state index contributed by atoms with van der Waals surface area (Å²) < 4.78 is 52.9. The highest BCUT2D eigenvalue weighted by Gasteiger charge is 2.41. The molecular weight excluding hydrogens is 485 g/mol. The molecule has 1 saturated heterocycles. The van der Waals surface area contributed by atoms with Gasteiger partial charge < -0.3 is 30.0 Å². The molecule has 1 aliphatic rings. The lowest BCUT2D eigenvalue weighted by molar-refractivity contribution is -0.0205. The van der Waals surface area contributed by atoms with Crippen LogP contribution in [0, 0.1) is 0 Å². The number of phosphoric ester groups is 1. The predicted molar refractivity (Wildman–Crippen MR) is 102 cm³/mol. The number of hydrogen-bond donors (Lipinski definition) is 5. The Morgan fingerprint density at radius 3 is 2.55 bits per heavy atom. The highest BCUT2D eigenvalue weighted by atomic mass is 31.3. The topological polar surface area (TPSA) is 251 Å². The molecule has 4 unspecified atom stereocenters. The van der Waals surface area contributed by atoms with E-state index in [-0.39, 0.29) is 11.8 Å². The molecule has 6 N–H and O–H groups in total. The fourth-order valence-electron chi connectivity index (χ4n) is 2.70. The van der Waals surface area contributed by atoms with Crippen molar-refractivity contribution in [2.45, 2.75) is 25.2 Å². The van der Waals surface area contributed by atoms with E-state index in [0.29, 0.717) is 24.0 Å². The first kappa shape index (κ1) is 24.0. The van der Waals surface area contributed by atoms with E-state index < -0.39 is 42.4 Å². The number of phosphoric acid groups is 3. The van der Waals surface area contributed by atoms with E-state index in [1.807, 2.05) is 0 Å². The van der Waals surface area contributed by atoms with Crippen LogP contribution in [0.5, 0.6) is 0 Å². The highest BCUT2D eigenvalue weighted by molar-refractivity contribution is 7.66. The summed E-state index contributed by atoms with van der Waals surface area (Å²) in [5.41, 5.74) is 6.45. The molecule has 4 atom stereocenters. The lowest BCUT2D eigenvalue weighted by atomic mass is 10.2. The van der Waals surface area contributed by atoms with Gasteiger partial charge in [-0.2, -0.15) is 18.6 Å². The molecule has 17 nitrogen and oxygen atoms in total. The third-order valence-electron chi connectivity index (χ3n) is 3.81. The van der Waals surface area contributed by atoms with Crippen LogP contribution < -0.4 is 5.73 Å². The first-order valence-corrected chi connectivity index (χ1v) is 12.7. The molecule has 0 spiro atoms. The minimum atomic E-state index is -5.58. The number of anilines is 1. The normalized spacial score (nSPS) is 23.5. The standard InChI is InChI=1S/C11H17N6O11P3/c1-13-11-15-9(12)8-10(16-11)17(5-14-8)7-3-2-6(26-7)4-25-30(21,22)28-31(23,24)27-29(18,19)20/h5-7H,1-4H2,(H,21,22)(H,23,24)(H2,12,15,16)(H2,18,19,20). The van der Waals surface area contributed by atoms with Crippen LogP contribution in [0.2, 0.25) is 0 Å². The lowest BCUT2D eigenvalue weighted by Crippen LogP contribution is -2.16. The average molecular weight is 502 g/mol. The van der Waals surface area contributed by atoms with Crippen molar-refractivity contribution in [3.63, 3.8) is 0 Å². The van der Waals surface area contributed by atoms with Crippen molar-refractivity contribution < 1.29 is 51.2 Å². The molecule has 1 fully saturated rings. The summed E-state index contributed by atoms with van der Waals surface area (Å²) in [5.74, 6) is 0.127. The van der Waals surface area contributed by atoms with Gasteiger partial charge in [-0.1, -0.05) is 0 Å². The molecule has 0 amide bonds. The molecule has 0 aromatic carbocycles. The van der Waals surface area contributed by atoms with E-state index in [9.17, 15) is 18.6 Å². The van der Waals surface area contributed by atoms with E-state index in [2.05, 4.69) is 39.8 Å². The quantitative estimate of drug-likeness (QED) is 0.234. The Hall–Kier alpha value is -1.61. The number of aliphatic imine (C=N–C) groups is 1. The Labute approximate surface area is 173 Å². The Morgan fingerprint density at radius 1 is 1.19 bits per heavy atom. The molecule has 31 heavy (non-hydrogen) atoms. The van der Waals surface area contributed by atoms with Crippen LogP contribution in [-0.4, -0.2) is 58.5 Å². The molecular formula is C11H17N6O11P3. The third-order valence-corrected chi connectivity index (χ3v) is 7.62. The van der Waals surface area contributed by atoms with Crippen molar-refractivity contribution in [1.82, 2.24) is 19.5 Å². The monoisotopic (exact) mass is 502 g/mol. The average Bonchev–Trinajstić information content (AvgIpc) is 3.23. The number of rotatable bonds is 9. The third kappa shape index (κ3) is 6.22. The number of nitrogen functional groups attached to an aromatic ring is 1. The van der Waals surface area contributed by atoms with E-state index in [0.717, 1.165) is 0 Å². The minimum absolute atomic E-state index is 0.0361. The first-order chi connectivity index (χ1) is 14.3. The van der Waals surface area contributed by atoms with Crippen molar-refractivity contribution in [3.8, 4) is 0 Å². The van der Waals surface area contributed by atoms with Gasteiger partial charge in [-0.05, 0) is 19.6 Å². The van der Waals surface area contributed by atoms with E-state index >= 15 is 0 Å². The summed E-state index contributed by atoms with van der Waals surface area (Å²) in [4.78, 5) is 51.5. The van der Waals surface area contributed by atoms with Crippen molar-refractivity contribution in [3.05, 3.63) is 6.33 Å². The number of hydrogen-bond acceptors (Lipinski definition) is 12. The van der Waals surface area contributed by atoms with Crippen LogP contribution in [0.15, 0.2) is 11.3 Å². The van der Waals surface area contributed by atoms with Crippen LogP contribution in [0.4, 0.5) is 11.8 Å². The van der Waals surface area contributed by atoms with Gasteiger partial charge in [0.1, 0.15) is 11.7 Å². The Morgan fingerprint density at radius 2 is 1.90 bits per heavy atom. The van der Waals surface area contributed by atoms with Crippen LogP contribution in [-0.2, 0) is 31.6 Å². The maximum atomic E-state index is 11.8. The molecule has 0 bridgehead atoms. The second-order valence-corrected chi connectivity index (χ2v) is 10.5. The van der Waals surface area contributed by atoms with E-state index in [1.165, 1.54) is 6.33 Å². The van der Waals surface area contributed by atoms with Gasteiger partial charge in [0.25, 0.3) is 5.95 Å². The summed E-state index contributed by atoms with van der Waals surface area (Å²) >= 11 is 0. The Balaban J connectivity index is 1.63. The van der Waals surface area contributed by atoms with E-state index in [4.69, 9.17) is 25.2 Å². The zero-order valence-corrected chi connectivity index (χ0v) is 18.0. The maximum Gasteiger partial charge on any atom is 0.490 e. The fraction of sp³-hybridized carbons (Fsp3) is 0.455. The fourth-order valence-corrected chi connectivity index (χ4v) is 5.75. The number of fused-ring (bicyclic) bond motifs is 1. The number of aromatic nitrogens is 4. The molecule has 0 aliphatic carbocycles. The van der Waals surface area contributed by atoms with Crippen molar-refractivity contribution in [2.24, 2.45) is 4.99 Å². The summed E-state index contributed by atoms with van der Waals surface area (Å²) in [6, 6.07) is 0. The number of nitrogens with zero attached hydrogens (tertiary/aromatic N) is 5. The smallest absolute Gasteiger partial charge is 0.382 e. The van der Waals surface area contributed by atoms with Crippen molar-refractivity contribution >= 4 is 53.1 Å². The number of nitrogens with two attached hydrogens (primary N) is 1. The first-order valence-electron chi connectivity index (χ1n) is 8.19. The van der Waals surface area contributed by atoms with Gasteiger partial charge in [0.15, 0.2) is 11.5 Å². The van der Waals surface area contributed by atoms with Crippen LogP contribution in [0.1, 0.15) is 19.1 Å². The SMILES string of the molecule is C=Nc1nc(N)c2ncn(C3CCC(COP(=O)(O)OP(=O)(O)OP(=O)(O)O)O3)c2n1. The molecule has 0 saturated carbocycles. The van der Waals surface area contributed by atoms with Gasteiger partial charge >= 0.3 is 23.5 Å². The van der Waals surface area contributed by atoms with Crippen LogP contribution in [0.3, 0.4) is 0 Å². The number of imidazole rings is 1. The molecule has 172 valence electrons. The largest absolute Gasteiger partial charge is 0.490 e. The molecule has 3 rings (SSSR count). The Bertz CT molecular complexity index is 1130. The molecule has 0 radical (unpaired) electrons. The Kier molecular flexibility index (Phi) is 6.77. The lowest BCUT2D eigenvalue weighted by Gasteiger charge is -2.18. The summed E-state index contributed by atoms with van der Waals surface area (Å²) in [6.45, 7) is 2.78. The van der Waals surface area contributed by atoms with Crippen LogP contribution >= 0.6 is 23.5 Å². The van der Waals surface area contributed by atoms with Gasteiger partial charge in [-0.25, -0.2) is 23.7 Å².